The fraction of sp³-hybridized carbons (Fsp3) is 0.818. The summed E-state index contributed by atoms with van der Waals surface area (Å²) >= 11 is 0. The van der Waals surface area contributed by atoms with Gasteiger partial charge in [-0.1, -0.05) is 13.8 Å². The summed E-state index contributed by atoms with van der Waals surface area (Å²) in [5.41, 5.74) is 0. The van der Waals surface area contributed by atoms with Crippen LogP contribution in [0.4, 0.5) is 0 Å². The van der Waals surface area contributed by atoms with Crippen LogP contribution in [0.1, 0.15) is 46.5 Å². The van der Waals surface area contributed by atoms with Gasteiger partial charge in [0.1, 0.15) is 5.78 Å². The number of Topliss-reactive ketones (excluding diaryl/α,β-unsaturated/α-hetero) is 1. The topological polar surface area (TPSA) is 43.4 Å². The van der Waals surface area contributed by atoms with Crippen molar-refractivity contribution in [3.8, 4) is 0 Å². The van der Waals surface area contributed by atoms with E-state index >= 15 is 0 Å². The average Bonchev–Trinajstić information content (AvgIpc) is 2.12. The Bertz CT molecular complexity index is 185. The molecule has 0 saturated carbocycles. The third-order valence-corrected chi connectivity index (χ3v) is 1.91. The van der Waals surface area contributed by atoms with Crippen LogP contribution in [0.15, 0.2) is 0 Å². The fourth-order valence-corrected chi connectivity index (χ4v) is 1.05. The summed E-state index contributed by atoms with van der Waals surface area (Å²) in [4.78, 5) is 22.2. The molecular formula is C11H20O3. The van der Waals surface area contributed by atoms with Gasteiger partial charge in [0.05, 0.1) is 13.0 Å². The quantitative estimate of drug-likeness (QED) is 0.592. The Kier molecular flexibility index (Phi) is 7.07. The summed E-state index contributed by atoms with van der Waals surface area (Å²) in [5, 5.41) is 0. The number of carbonyl (C=O) groups excluding carboxylic acids is 2. The third kappa shape index (κ3) is 7.77. The van der Waals surface area contributed by atoms with E-state index in [9.17, 15) is 9.59 Å². The standard InChI is InChI=1S/C11H20O3/c1-4-14-11(13)8-7-10(12)6-5-9(2)3/h9H,4-8H2,1-3H3. The first-order chi connectivity index (χ1) is 6.56. The number of rotatable bonds is 7. The molecule has 14 heavy (non-hydrogen) atoms. The van der Waals surface area contributed by atoms with Crippen LogP contribution in [0.25, 0.3) is 0 Å². The molecule has 0 radical (unpaired) electrons. The van der Waals surface area contributed by atoms with Gasteiger partial charge in [-0.15, -0.1) is 0 Å². The van der Waals surface area contributed by atoms with Crippen molar-refractivity contribution in [3.05, 3.63) is 0 Å². The van der Waals surface area contributed by atoms with Crippen molar-refractivity contribution in [3.63, 3.8) is 0 Å². The van der Waals surface area contributed by atoms with E-state index in [0.29, 0.717) is 25.4 Å². The largest absolute Gasteiger partial charge is 0.466 e. The molecule has 0 aliphatic carbocycles. The second-order valence-corrected chi connectivity index (χ2v) is 3.78. The first-order valence-electron chi connectivity index (χ1n) is 5.23. The Morgan fingerprint density at radius 2 is 1.79 bits per heavy atom. The zero-order valence-corrected chi connectivity index (χ0v) is 9.34. The van der Waals surface area contributed by atoms with Crippen molar-refractivity contribution < 1.29 is 14.3 Å². The van der Waals surface area contributed by atoms with E-state index in [4.69, 9.17) is 4.74 Å². The maximum absolute atomic E-state index is 11.2. The Morgan fingerprint density at radius 1 is 1.14 bits per heavy atom. The lowest BCUT2D eigenvalue weighted by molar-refractivity contribution is -0.144. The molecular weight excluding hydrogens is 180 g/mol. The normalized spacial score (nSPS) is 10.3. The van der Waals surface area contributed by atoms with Gasteiger partial charge in [0.25, 0.3) is 0 Å². The molecule has 0 aliphatic rings. The Morgan fingerprint density at radius 3 is 2.29 bits per heavy atom. The fourth-order valence-electron chi connectivity index (χ4n) is 1.05. The van der Waals surface area contributed by atoms with Gasteiger partial charge in [0.15, 0.2) is 0 Å². The molecule has 0 fully saturated rings. The molecule has 3 heteroatoms. The highest BCUT2D eigenvalue weighted by molar-refractivity contribution is 5.82. The second kappa shape index (κ2) is 7.54. The maximum atomic E-state index is 11.2. The molecule has 0 aliphatic heterocycles. The number of ether oxygens (including phenoxy) is 1. The van der Waals surface area contributed by atoms with E-state index < -0.39 is 0 Å². The van der Waals surface area contributed by atoms with Crippen molar-refractivity contribution in [2.75, 3.05) is 6.61 Å². The summed E-state index contributed by atoms with van der Waals surface area (Å²) in [6.07, 6.45) is 2.04. The molecule has 0 bridgehead atoms. The van der Waals surface area contributed by atoms with Crippen LogP contribution in [-0.4, -0.2) is 18.4 Å². The summed E-state index contributed by atoms with van der Waals surface area (Å²) < 4.78 is 4.73. The molecule has 0 N–H and O–H groups in total. The molecule has 0 aromatic heterocycles. The van der Waals surface area contributed by atoms with Crippen LogP contribution in [0, 0.1) is 5.92 Å². The van der Waals surface area contributed by atoms with Crippen LogP contribution in [-0.2, 0) is 14.3 Å². The molecule has 0 aromatic carbocycles. The summed E-state index contributed by atoms with van der Waals surface area (Å²) in [6.45, 7) is 6.31. The number of hydrogen-bond acceptors (Lipinski definition) is 3. The molecule has 0 rings (SSSR count). The van der Waals surface area contributed by atoms with Crippen LogP contribution in [0.5, 0.6) is 0 Å². The van der Waals surface area contributed by atoms with Crippen molar-refractivity contribution in [2.24, 2.45) is 5.92 Å². The SMILES string of the molecule is CCOC(=O)CCC(=O)CCC(C)C. The lowest BCUT2D eigenvalue weighted by atomic mass is 10.0. The Hall–Kier alpha value is -0.860. The molecule has 0 heterocycles. The molecule has 0 spiro atoms. The average molecular weight is 200 g/mol. The van der Waals surface area contributed by atoms with Gasteiger partial charge in [-0.2, -0.15) is 0 Å². The highest BCUT2D eigenvalue weighted by Crippen LogP contribution is 2.06. The molecule has 0 saturated heterocycles. The predicted molar refractivity (Wildman–Crippen MR) is 54.9 cm³/mol. The minimum atomic E-state index is -0.273. The summed E-state index contributed by atoms with van der Waals surface area (Å²) in [5.74, 6) is 0.429. The Balaban J connectivity index is 3.48. The van der Waals surface area contributed by atoms with Crippen molar-refractivity contribution in [1.82, 2.24) is 0 Å². The third-order valence-electron chi connectivity index (χ3n) is 1.91. The van der Waals surface area contributed by atoms with Gasteiger partial charge >= 0.3 is 5.97 Å². The van der Waals surface area contributed by atoms with Crippen LogP contribution >= 0.6 is 0 Å². The predicted octanol–water partition coefficient (Wildman–Crippen LogP) is 2.33. The number of carbonyl (C=O) groups is 2. The lowest BCUT2D eigenvalue weighted by Crippen LogP contribution is -2.08. The van der Waals surface area contributed by atoms with Gasteiger partial charge in [-0.05, 0) is 19.3 Å². The minimum absolute atomic E-state index is 0.159. The smallest absolute Gasteiger partial charge is 0.306 e. The number of esters is 1. The van der Waals surface area contributed by atoms with Crippen LogP contribution in [0.3, 0.4) is 0 Å². The van der Waals surface area contributed by atoms with E-state index in [-0.39, 0.29) is 18.2 Å². The molecule has 0 atom stereocenters. The van der Waals surface area contributed by atoms with Crippen molar-refractivity contribution in [2.45, 2.75) is 46.5 Å². The van der Waals surface area contributed by atoms with E-state index in [1.54, 1.807) is 6.92 Å². The zero-order valence-electron chi connectivity index (χ0n) is 9.34. The van der Waals surface area contributed by atoms with Gasteiger partial charge in [-0.3, -0.25) is 9.59 Å². The molecule has 0 unspecified atom stereocenters. The zero-order chi connectivity index (χ0) is 11.0. The second-order valence-electron chi connectivity index (χ2n) is 3.78. The number of ketones is 1. The first-order valence-corrected chi connectivity index (χ1v) is 5.23. The van der Waals surface area contributed by atoms with E-state index in [2.05, 4.69) is 13.8 Å². The monoisotopic (exact) mass is 200 g/mol. The van der Waals surface area contributed by atoms with Gasteiger partial charge in [-0.25, -0.2) is 0 Å². The molecule has 82 valence electrons. The van der Waals surface area contributed by atoms with Crippen LogP contribution < -0.4 is 0 Å². The maximum Gasteiger partial charge on any atom is 0.306 e. The van der Waals surface area contributed by atoms with E-state index in [1.807, 2.05) is 0 Å². The minimum Gasteiger partial charge on any atom is -0.466 e. The lowest BCUT2D eigenvalue weighted by Gasteiger charge is -2.03. The van der Waals surface area contributed by atoms with E-state index in [1.165, 1.54) is 0 Å². The molecule has 3 nitrogen and oxygen atoms in total. The van der Waals surface area contributed by atoms with Gasteiger partial charge in [0.2, 0.25) is 0 Å². The van der Waals surface area contributed by atoms with Crippen molar-refractivity contribution >= 4 is 11.8 Å². The summed E-state index contributed by atoms with van der Waals surface area (Å²) in [6, 6.07) is 0. The van der Waals surface area contributed by atoms with Crippen molar-refractivity contribution in [1.29, 1.82) is 0 Å². The first kappa shape index (κ1) is 13.1. The Labute approximate surface area is 85.8 Å². The highest BCUT2D eigenvalue weighted by Gasteiger charge is 2.07. The van der Waals surface area contributed by atoms with Gasteiger partial charge < -0.3 is 4.74 Å². The van der Waals surface area contributed by atoms with Gasteiger partial charge in [0, 0.05) is 12.8 Å². The molecule has 0 amide bonds. The summed E-state index contributed by atoms with van der Waals surface area (Å²) in [7, 11) is 0. The number of hydrogen-bond donors (Lipinski definition) is 0. The van der Waals surface area contributed by atoms with Crippen LogP contribution in [0.2, 0.25) is 0 Å². The highest BCUT2D eigenvalue weighted by atomic mass is 16.5. The molecule has 0 aromatic rings. The van der Waals surface area contributed by atoms with E-state index in [0.717, 1.165) is 6.42 Å².